The zero-order chi connectivity index (χ0) is 16.4. The molecule has 0 N–H and O–H groups in total. The van der Waals surface area contributed by atoms with Crippen molar-refractivity contribution in [3.8, 4) is 17.2 Å². The van der Waals surface area contributed by atoms with Crippen LogP contribution in [0.4, 0.5) is 4.39 Å². The lowest BCUT2D eigenvalue weighted by molar-refractivity contribution is 0.576. The monoisotopic (exact) mass is 306 g/mol. The van der Waals surface area contributed by atoms with Crippen LogP contribution in [0.15, 0.2) is 42.6 Å². The van der Waals surface area contributed by atoms with E-state index in [2.05, 4.69) is 16.2 Å². The van der Waals surface area contributed by atoms with Crippen molar-refractivity contribution in [3.05, 3.63) is 71.1 Å². The Balaban J connectivity index is 1.97. The molecule has 0 fully saturated rings. The van der Waals surface area contributed by atoms with Crippen LogP contribution < -0.4 is 0 Å². The predicted molar refractivity (Wildman–Crippen MR) is 85.1 cm³/mol. The molecule has 4 nitrogen and oxygen atoms in total. The fraction of sp³-hybridized carbons (Fsp3) is 0.167. The minimum absolute atomic E-state index is 0.488. The van der Waals surface area contributed by atoms with Crippen molar-refractivity contribution in [2.24, 2.45) is 0 Å². The van der Waals surface area contributed by atoms with E-state index < -0.39 is 5.95 Å². The molecule has 0 saturated heterocycles. The molecule has 2 aromatic heterocycles. The van der Waals surface area contributed by atoms with E-state index in [0.717, 1.165) is 28.1 Å². The van der Waals surface area contributed by atoms with Gasteiger partial charge in [0, 0.05) is 17.5 Å². The molecule has 3 aromatic rings. The molecular formula is C18H15FN4. The largest absolute Gasteiger partial charge is 0.265 e. The third-order valence-electron chi connectivity index (χ3n) is 3.81. The fourth-order valence-corrected chi connectivity index (χ4v) is 2.69. The number of hydrogen-bond acceptors (Lipinski definition) is 3. The Labute approximate surface area is 133 Å². The summed E-state index contributed by atoms with van der Waals surface area (Å²) in [6.07, 6.45) is 1.46. The second-order valence-corrected chi connectivity index (χ2v) is 5.38. The van der Waals surface area contributed by atoms with E-state index in [4.69, 9.17) is 5.26 Å². The van der Waals surface area contributed by atoms with Crippen LogP contribution in [0.5, 0.6) is 0 Å². The summed E-state index contributed by atoms with van der Waals surface area (Å²) in [6, 6.07) is 12.7. The summed E-state index contributed by atoms with van der Waals surface area (Å²) in [6.45, 7) is 4.43. The Bertz CT molecular complexity index is 888. The van der Waals surface area contributed by atoms with E-state index in [1.54, 1.807) is 18.2 Å². The van der Waals surface area contributed by atoms with Gasteiger partial charge in [0.25, 0.3) is 0 Å². The first-order valence-corrected chi connectivity index (χ1v) is 7.23. The number of halogens is 1. The van der Waals surface area contributed by atoms with Crippen LogP contribution in [-0.2, 0) is 6.54 Å². The molecule has 0 aliphatic carbocycles. The highest BCUT2D eigenvalue weighted by atomic mass is 19.1. The number of rotatable bonds is 3. The van der Waals surface area contributed by atoms with Gasteiger partial charge in [-0.2, -0.15) is 14.8 Å². The maximum Gasteiger partial charge on any atom is 0.213 e. The van der Waals surface area contributed by atoms with Gasteiger partial charge < -0.3 is 0 Å². The summed E-state index contributed by atoms with van der Waals surface area (Å²) >= 11 is 0. The van der Waals surface area contributed by atoms with Gasteiger partial charge >= 0.3 is 0 Å². The van der Waals surface area contributed by atoms with Crippen molar-refractivity contribution in [2.75, 3.05) is 0 Å². The number of aryl methyl sites for hydroxylation is 1. The van der Waals surface area contributed by atoms with Crippen molar-refractivity contribution in [3.63, 3.8) is 0 Å². The molecule has 1 aromatic carbocycles. The number of nitriles is 1. The average molecular weight is 306 g/mol. The summed E-state index contributed by atoms with van der Waals surface area (Å²) < 4.78 is 15.1. The summed E-state index contributed by atoms with van der Waals surface area (Å²) in [5.41, 5.74) is 5.42. The highest BCUT2D eigenvalue weighted by Gasteiger charge is 2.14. The van der Waals surface area contributed by atoms with E-state index in [-0.39, 0.29) is 0 Å². The first kappa shape index (κ1) is 14.9. The molecule has 5 heteroatoms. The van der Waals surface area contributed by atoms with Crippen molar-refractivity contribution in [1.29, 1.82) is 5.26 Å². The molecule has 0 unspecified atom stereocenters. The number of aromatic nitrogens is 3. The lowest BCUT2D eigenvalue weighted by Gasteiger charge is -2.06. The SMILES string of the molecule is Cc1nn(Cc2ccnc(F)c2)c(C)c1-c1ccc(C#N)cc1. The van der Waals surface area contributed by atoms with Crippen LogP contribution in [-0.4, -0.2) is 14.8 Å². The van der Waals surface area contributed by atoms with Crippen LogP contribution in [0.3, 0.4) is 0 Å². The van der Waals surface area contributed by atoms with Crippen molar-refractivity contribution >= 4 is 0 Å². The van der Waals surface area contributed by atoms with Gasteiger partial charge in [0.05, 0.1) is 23.9 Å². The molecule has 114 valence electrons. The standard InChI is InChI=1S/C18H15FN4/c1-12-18(16-5-3-14(10-20)4-6-16)13(2)23(22-12)11-15-7-8-21-17(19)9-15/h3-9H,11H2,1-2H3. The van der Waals surface area contributed by atoms with Crippen LogP contribution >= 0.6 is 0 Å². The lowest BCUT2D eigenvalue weighted by Crippen LogP contribution is -2.04. The first-order chi connectivity index (χ1) is 11.1. The van der Waals surface area contributed by atoms with Gasteiger partial charge in [-0.1, -0.05) is 12.1 Å². The smallest absolute Gasteiger partial charge is 0.213 e. The molecule has 3 rings (SSSR count). The van der Waals surface area contributed by atoms with Crippen LogP contribution in [0, 0.1) is 31.1 Å². The minimum atomic E-state index is -0.489. The lowest BCUT2D eigenvalue weighted by atomic mass is 10.0. The molecule has 0 radical (unpaired) electrons. The molecule has 0 aliphatic rings. The van der Waals surface area contributed by atoms with Crippen molar-refractivity contribution in [2.45, 2.75) is 20.4 Å². The van der Waals surface area contributed by atoms with Gasteiger partial charge in [0.15, 0.2) is 0 Å². The van der Waals surface area contributed by atoms with Gasteiger partial charge in [-0.25, -0.2) is 4.98 Å². The number of nitrogens with zero attached hydrogens (tertiary/aromatic N) is 4. The summed E-state index contributed by atoms with van der Waals surface area (Å²) in [7, 11) is 0. The van der Waals surface area contributed by atoms with Crippen LogP contribution in [0.2, 0.25) is 0 Å². The average Bonchev–Trinajstić information content (AvgIpc) is 2.81. The third-order valence-corrected chi connectivity index (χ3v) is 3.81. The maximum absolute atomic E-state index is 13.2. The predicted octanol–water partition coefficient (Wildman–Crippen LogP) is 3.62. The van der Waals surface area contributed by atoms with Crippen molar-refractivity contribution in [1.82, 2.24) is 14.8 Å². The zero-order valence-corrected chi connectivity index (χ0v) is 12.9. The van der Waals surface area contributed by atoms with Crippen LogP contribution in [0.1, 0.15) is 22.5 Å². The molecular weight excluding hydrogens is 291 g/mol. The summed E-state index contributed by atoms with van der Waals surface area (Å²) in [5.74, 6) is -0.489. The van der Waals surface area contributed by atoms with E-state index >= 15 is 0 Å². The molecule has 23 heavy (non-hydrogen) atoms. The Kier molecular flexibility index (Phi) is 3.90. The van der Waals surface area contributed by atoms with E-state index in [0.29, 0.717) is 12.1 Å². The number of pyridine rings is 1. The molecule has 0 spiro atoms. The van der Waals surface area contributed by atoms with E-state index in [9.17, 15) is 4.39 Å². The quantitative estimate of drug-likeness (QED) is 0.694. The van der Waals surface area contributed by atoms with Crippen LogP contribution in [0.25, 0.3) is 11.1 Å². The maximum atomic E-state index is 13.2. The Morgan fingerprint density at radius 1 is 1.17 bits per heavy atom. The molecule has 2 heterocycles. The molecule has 0 atom stereocenters. The molecule has 0 bridgehead atoms. The Morgan fingerprint density at radius 2 is 1.91 bits per heavy atom. The number of benzene rings is 1. The molecule has 0 amide bonds. The second-order valence-electron chi connectivity index (χ2n) is 5.38. The first-order valence-electron chi connectivity index (χ1n) is 7.23. The molecule has 0 saturated carbocycles. The minimum Gasteiger partial charge on any atom is -0.265 e. The highest BCUT2D eigenvalue weighted by molar-refractivity contribution is 5.69. The second kappa shape index (κ2) is 6.01. The van der Waals surface area contributed by atoms with Gasteiger partial charge in [0.2, 0.25) is 5.95 Å². The third kappa shape index (κ3) is 2.97. The summed E-state index contributed by atoms with van der Waals surface area (Å²) in [5, 5.41) is 13.5. The van der Waals surface area contributed by atoms with Gasteiger partial charge in [0.1, 0.15) is 0 Å². The zero-order valence-electron chi connectivity index (χ0n) is 12.9. The van der Waals surface area contributed by atoms with Gasteiger partial charge in [-0.15, -0.1) is 0 Å². The normalized spacial score (nSPS) is 10.5. The van der Waals surface area contributed by atoms with E-state index in [1.165, 1.54) is 12.3 Å². The van der Waals surface area contributed by atoms with Gasteiger partial charge in [-0.3, -0.25) is 4.68 Å². The Hall–Kier alpha value is -3.00. The highest BCUT2D eigenvalue weighted by Crippen LogP contribution is 2.27. The topological polar surface area (TPSA) is 54.5 Å². The van der Waals surface area contributed by atoms with E-state index in [1.807, 2.05) is 30.7 Å². The summed E-state index contributed by atoms with van der Waals surface area (Å²) in [4.78, 5) is 3.57. The molecule has 0 aliphatic heterocycles. The fourth-order valence-electron chi connectivity index (χ4n) is 2.69. The number of hydrogen-bond donors (Lipinski definition) is 0. The van der Waals surface area contributed by atoms with Crippen molar-refractivity contribution < 1.29 is 4.39 Å². The Morgan fingerprint density at radius 3 is 2.57 bits per heavy atom. The van der Waals surface area contributed by atoms with Gasteiger partial charge in [-0.05, 0) is 49.2 Å².